The van der Waals surface area contributed by atoms with E-state index in [1.54, 1.807) is 31.0 Å². The van der Waals surface area contributed by atoms with Crippen molar-refractivity contribution in [2.75, 3.05) is 27.3 Å². The Morgan fingerprint density at radius 2 is 1.87 bits per heavy atom. The third-order valence-corrected chi connectivity index (χ3v) is 5.00. The van der Waals surface area contributed by atoms with Gasteiger partial charge in [-0.15, -0.1) is 0 Å². The van der Waals surface area contributed by atoms with E-state index in [1.807, 2.05) is 14.1 Å². The van der Waals surface area contributed by atoms with Crippen molar-refractivity contribution in [2.24, 2.45) is 11.0 Å². The van der Waals surface area contributed by atoms with Crippen molar-refractivity contribution in [3.63, 3.8) is 0 Å². The van der Waals surface area contributed by atoms with Gasteiger partial charge in [0.1, 0.15) is 5.71 Å². The SMILES string of the molecule is CCOP(=O)(OCC)c1ccc(C(CCC(C)C)=NN(C)C)o1. The molecule has 0 aliphatic carbocycles. The highest BCUT2D eigenvalue weighted by atomic mass is 31.2. The summed E-state index contributed by atoms with van der Waals surface area (Å²) < 4.78 is 29.2. The zero-order valence-electron chi connectivity index (χ0n) is 15.0. The number of hydrazone groups is 1. The molecule has 0 aliphatic heterocycles. The molecule has 1 heterocycles. The number of nitrogens with zero attached hydrogens (tertiary/aromatic N) is 2. The first kappa shape index (κ1) is 19.9. The molecular weight excluding hydrogens is 315 g/mol. The molecule has 7 heteroatoms. The van der Waals surface area contributed by atoms with Crippen molar-refractivity contribution < 1.29 is 18.0 Å². The zero-order valence-corrected chi connectivity index (χ0v) is 15.9. The molecule has 132 valence electrons. The van der Waals surface area contributed by atoms with Crippen LogP contribution < -0.4 is 5.50 Å². The summed E-state index contributed by atoms with van der Waals surface area (Å²) in [6.45, 7) is 8.46. The summed E-state index contributed by atoms with van der Waals surface area (Å²) >= 11 is 0. The molecule has 0 unspecified atom stereocenters. The van der Waals surface area contributed by atoms with Crippen molar-refractivity contribution in [1.82, 2.24) is 5.01 Å². The van der Waals surface area contributed by atoms with Gasteiger partial charge < -0.3 is 18.5 Å². The van der Waals surface area contributed by atoms with Crippen molar-refractivity contribution in [3.8, 4) is 0 Å². The van der Waals surface area contributed by atoms with Gasteiger partial charge in [-0.2, -0.15) is 5.10 Å². The molecule has 6 nitrogen and oxygen atoms in total. The second-order valence-electron chi connectivity index (χ2n) is 5.80. The molecule has 1 aromatic rings. The average molecular weight is 344 g/mol. The van der Waals surface area contributed by atoms with Crippen LogP contribution in [0.4, 0.5) is 0 Å². The predicted molar refractivity (Wildman–Crippen MR) is 93.5 cm³/mol. The van der Waals surface area contributed by atoms with Gasteiger partial charge in [-0.1, -0.05) is 13.8 Å². The minimum absolute atomic E-state index is 0.229. The molecule has 0 atom stereocenters. The van der Waals surface area contributed by atoms with Crippen molar-refractivity contribution in [1.29, 1.82) is 0 Å². The molecule has 0 N–H and O–H groups in total. The first-order valence-electron chi connectivity index (χ1n) is 8.07. The fraction of sp³-hybridized carbons (Fsp3) is 0.688. The van der Waals surface area contributed by atoms with Gasteiger partial charge in [-0.3, -0.25) is 4.57 Å². The number of hydrogen-bond donors (Lipinski definition) is 0. The largest absolute Gasteiger partial charge is 0.447 e. The second-order valence-corrected chi connectivity index (χ2v) is 7.75. The van der Waals surface area contributed by atoms with E-state index in [0.29, 0.717) is 24.9 Å². The highest BCUT2D eigenvalue weighted by molar-refractivity contribution is 7.61. The second kappa shape index (κ2) is 9.26. The third-order valence-electron chi connectivity index (χ3n) is 3.02. The van der Waals surface area contributed by atoms with Gasteiger partial charge in [0.2, 0.25) is 5.50 Å². The molecule has 0 aliphatic rings. The van der Waals surface area contributed by atoms with Crippen LogP contribution in [-0.4, -0.2) is 38.0 Å². The summed E-state index contributed by atoms with van der Waals surface area (Å²) in [6.07, 6.45) is 1.79. The van der Waals surface area contributed by atoms with Crippen LogP contribution in [0.25, 0.3) is 0 Å². The van der Waals surface area contributed by atoms with Crippen molar-refractivity contribution in [2.45, 2.75) is 40.5 Å². The Morgan fingerprint density at radius 1 is 1.26 bits per heavy atom. The summed E-state index contributed by atoms with van der Waals surface area (Å²) in [6, 6.07) is 3.44. The Kier molecular flexibility index (Phi) is 8.03. The van der Waals surface area contributed by atoms with E-state index < -0.39 is 7.60 Å². The summed E-state index contributed by atoms with van der Waals surface area (Å²) in [5.41, 5.74) is 1.06. The van der Waals surface area contributed by atoms with Crippen LogP contribution in [0.2, 0.25) is 0 Å². The smallest absolute Gasteiger partial charge is 0.396 e. The van der Waals surface area contributed by atoms with Gasteiger partial charge in [0.05, 0.1) is 13.2 Å². The zero-order chi connectivity index (χ0) is 17.5. The number of furan rings is 1. The van der Waals surface area contributed by atoms with E-state index in [-0.39, 0.29) is 5.50 Å². The lowest BCUT2D eigenvalue weighted by Gasteiger charge is -2.14. The Morgan fingerprint density at radius 3 is 2.35 bits per heavy atom. The Balaban J connectivity index is 3.07. The highest BCUT2D eigenvalue weighted by Gasteiger charge is 2.31. The van der Waals surface area contributed by atoms with Crippen molar-refractivity contribution >= 4 is 18.8 Å². The summed E-state index contributed by atoms with van der Waals surface area (Å²) in [5, 5.41) is 6.23. The Bertz CT molecular complexity index is 542. The maximum absolute atomic E-state index is 12.8. The average Bonchev–Trinajstić information content (AvgIpc) is 2.93. The van der Waals surface area contributed by atoms with Crippen LogP contribution in [0.15, 0.2) is 21.7 Å². The quantitative estimate of drug-likeness (QED) is 0.366. The van der Waals surface area contributed by atoms with E-state index in [2.05, 4.69) is 18.9 Å². The van der Waals surface area contributed by atoms with Crippen LogP contribution in [0.1, 0.15) is 46.3 Å². The van der Waals surface area contributed by atoms with Gasteiger partial charge in [0.25, 0.3) is 0 Å². The highest BCUT2D eigenvalue weighted by Crippen LogP contribution is 2.47. The van der Waals surface area contributed by atoms with E-state index in [4.69, 9.17) is 13.5 Å². The molecular formula is C16H29N2O4P. The molecule has 0 spiro atoms. The Labute approximate surface area is 139 Å². The fourth-order valence-corrected chi connectivity index (χ4v) is 3.50. The lowest BCUT2D eigenvalue weighted by Crippen LogP contribution is -2.12. The molecule has 0 fully saturated rings. The predicted octanol–water partition coefficient (Wildman–Crippen LogP) is 3.87. The van der Waals surface area contributed by atoms with Crippen LogP contribution in [0.5, 0.6) is 0 Å². The van der Waals surface area contributed by atoms with E-state index >= 15 is 0 Å². The van der Waals surface area contributed by atoms with Gasteiger partial charge in [0, 0.05) is 14.1 Å². The molecule has 0 amide bonds. The maximum Gasteiger partial charge on any atom is 0.396 e. The maximum atomic E-state index is 12.8. The summed E-state index contributed by atoms with van der Waals surface area (Å²) in [7, 11) is 0.333. The molecule has 0 saturated carbocycles. The summed E-state index contributed by atoms with van der Waals surface area (Å²) in [4.78, 5) is 0. The summed E-state index contributed by atoms with van der Waals surface area (Å²) in [5.74, 6) is 1.17. The number of rotatable bonds is 10. The molecule has 0 radical (unpaired) electrons. The van der Waals surface area contributed by atoms with Crippen molar-refractivity contribution in [3.05, 3.63) is 17.9 Å². The topological polar surface area (TPSA) is 64.3 Å². The van der Waals surface area contributed by atoms with E-state index in [0.717, 1.165) is 18.6 Å². The third kappa shape index (κ3) is 6.13. The minimum atomic E-state index is -3.40. The van der Waals surface area contributed by atoms with Crippen LogP contribution in [0, 0.1) is 5.92 Å². The van der Waals surface area contributed by atoms with Gasteiger partial charge in [-0.05, 0) is 44.7 Å². The molecule has 1 rings (SSSR count). The fourth-order valence-electron chi connectivity index (χ4n) is 2.02. The molecule has 1 aromatic heterocycles. The van der Waals surface area contributed by atoms with Gasteiger partial charge >= 0.3 is 7.60 Å². The molecule has 23 heavy (non-hydrogen) atoms. The molecule has 0 aromatic carbocycles. The first-order valence-corrected chi connectivity index (χ1v) is 9.61. The standard InChI is InChI=1S/C16H29N2O4P/c1-7-20-23(19,21-8-2)16-12-11-15(22-16)14(17-18(5)6)10-9-13(3)4/h11-13H,7-10H2,1-6H3. The van der Waals surface area contributed by atoms with E-state index in [1.165, 1.54) is 0 Å². The Hall–Kier alpha value is -1.10. The number of hydrogen-bond acceptors (Lipinski definition) is 6. The van der Waals surface area contributed by atoms with Crippen LogP contribution >= 0.6 is 7.60 Å². The minimum Gasteiger partial charge on any atom is -0.447 e. The normalized spacial score (nSPS) is 12.9. The van der Waals surface area contributed by atoms with Crippen LogP contribution in [-0.2, 0) is 13.6 Å². The van der Waals surface area contributed by atoms with Crippen LogP contribution in [0.3, 0.4) is 0 Å². The van der Waals surface area contributed by atoms with Gasteiger partial charge in [0.15, 0.2) is 5.76 Å². The molecule has 0 bridgehead atoms. The first-order chi connectivity index (χ1) is 10.8. The lowest BCUT2D eigenvalue weighted by molar-refractivity contribution is 0.225. The van der Waals surface area contributed by atoms with E-state index in [9.17, 15) is 4.57 Å². The van der Waals surface area contributed by atoms with Gasteiger partial charge in [-0.25, -0.2) is 0 Å². The molecule has 0 saturated heterocycles. The monoisotopic (exact) mass is 344 g/mol. The lowest BCUT2D eigenvalue weighted by atomic mass is 10.0.